The van der Waals surface area contributed by atoms with Crippen LogP contribution in [-0.4, -0.2) is 54.8 Å². The Labute approximate surface area is 167 Å². The van der Waals surface area contributed by atoms with Gasteiger partial charge in [0.1, 0.15) is 6.61 Å². The molecule has 6 heteroatoms. The van der Waals surface area contributed by atoms with E-state index in [2.05, 4.69) is 20.8 Å². The molecule has 0 bridgehead atoms. The molecule has 0 aromatic carbocycles. The highest BCUT2D eigenvalue weighted by Gasteiger charge is 2.71. The van der Waals surface area contributed by atoms with Crippen LogP contribution in [0, 0.1) is 16.7 Å². The first-order valence-corrected chi connectivity index (χ1v) is 11.3. The number of ether oxygens (including phenoxy) is 3. The van der Waals surface area contributed by atoms with Gasteiger partial charge in [0.25, 0.3) is 0 Å². The zero-order valence-corrected chi connectivity index (χ0v) is 18.1. The van der Waals surface area contributed by atoms with E-state index in [0.29, 0.717) is 19.2 Å². The Morgan fingerprint density at radius 2 is 2.11 bits per heavy atom. The molecule has 1 heterocycles. The van der Waals surface area contributed by atoms with Crippen LogP contribution in [0.5, 0.6) is 0 Å². The maximum Gasteiger partial charge on any atom is 0.302 e. The Hall–Kier alpha value is -0.560. The topological polar surface area (TPSA) is 65.0 Å². The number of aliphatic hydroxyl groups is 1. The molecule has 1 saturated heterocycles. The van der Waals surface area contributed by atoms with Crippen LogP contribution in [-0.2, 0) is 19.0 Å². The third-order valence-corrected chi connectivity index (χ3v) is 8.26. The summed E-state index contributed by atoms with van der Waals surface area (Å²) >= 11 is 1.67. The van der Waals surface area contributed by atoms with E-state index in [1.165, 1.54) is 18.1 Å². The summed E-state index contributed by atoms with van der Waals surface area (Å²) in [5.74, 6) is 0.541. The van der Waals surface area contributed by atoms with Gasteiger partial charge >= 0.3 is 5.97 Å². The summed E-state index contributed by atoms with van der Waals surface area (Å²) < 4.78 is 18.1. The highest BCUT2D eigenvalue weighted by atomic mass is 32.2. The van der Waals surface area contributed by atoms with E-state index in [0.717, 1.165) is 25.7 Å². The minimum absolute atomic E-state index is 0.00111. The first kappa shape index (κ1) is 21.2. The molecule has 2 aliphatic carbocycles. The minimum Gasteiger partial charge on any atom is -0.461 e. The molecule has 3 rings (SSSR count). The van der Waals surface area contributed by atoms with Crippen molar-refractivity contribution in [2.75, 3.05) is 32.0 Å². The van der Waals surface area contributed by atoms with Crippen LogP contribution in [0.3, 0.4) is 0 Å². The molecule has 0 aromatic heterocycles. The predicted octanol–water partition coefficient (Wildman–Crippen LogP) is 3.55. The number of aliphatic hydroxyl groups excluding tert-OH is 1. The fourth-order valence-electron chi connectivity index (χ4n) is 6.08. The SMILES string of the molecule is CSCOC1CCC2(CO)C3(C)CCC(C)=C(COC(C)=O)C3COC12C. The number of hydrogen-bond acceptors (Lipinski definition) is 6. The van der Waals surface area contributed by atoms with Crippen molar-refractivity contribution in [2.45, 2.75) is 65.1 Å². The molecule has 27 heavy (non-hydrogen) atoms. The van der Waals surface area contributed by atoms with Gasteiger partial charge in [-0.05, 0) is 56.8 Å². The standard InChI is InChI=1S/C21H34O5S/c1-14-6-8-19(3)17(16(14)10-24-15(2)23)11-26-20(4)18(25-13-27-5)7-9-21(19,20)12-22/h17-18,22H,6-13H2,1-5H3. The van der Waals surface area contributed by atoms with Crippen molar-refractivity contribution in [1.82, 2.24) is 0 Å². The van der Waals surface area contributed by atoms with E-state index in [-0.39, 0.29) is 35.4 Å². The fourth-order valence-corrected chi connectivity index (χ4v) is 6.38. The van der Waals surface area contributed by atoms with Crippen LogP contribution in [0.25, 0.3) is 0 Å². The van der Waals surface area contributed by atoms with Gasteiger partial charge in [-0.1, -0.05) is 12.5 Å². The average Bonchev–Trinajstić information content (AvgIpc) is 2.93. The molecule has 0 aromatic rings. The Kier molecular flexibility index (Phi) is 6.03. The number of allylic oxidation sites excluding steroid dienone is 1. The molecular weight excluding hydrogens is 364 g/mol. The van der Waals surface area contributed by atoms with Crippen molar-refractivity contribution >= 4 is 17.7 Å². The number of rotatable bonds is 6. The maximum atomic E-state index is 11.4. The highest BCUT2D eigenvalue weighted by Crippen LogP contribution is 2.68. The van der Waals surface area contributed by atoms with Crippen LogP contribution >= 0.6 is 11.8 Å². The molecular formula is C21H34O5S. The molecule has 1 aliphatic heterocycles. The molecule has 2 fully saturated rings. The first-order valence-electron chi connectivity index (χ1n) is 9.93. The minimum atomic E-state index is -0.499. The van der Waals surface area contributed by atoms with Crippen molar-refractivity contribution in [3.8, 4) is 0 Å². The van der Waals surface area contributed by atoms with E-state index in [9.17, 15) is 9.90 Å². The van der Waals surface area contributed by atoms with E-state index < -0.39 is 5.60 Å². The summed E-state index contributed by atoms with van der Waals surface area (Å²) in [6.45, 7) is 9.04. The van der Waals surface area contributed by atoms with Gasteiger partial charge in [0, 0.05) is 18.3 Å². The number of fused-ring (bicyclic) bond motifs is 3. The van der Waals surface area contributed by atoms with Crippen molar-refractivity contribution in [3.05, 3.63) is 11.1 Å². The summed E-state index contributed by atoms with van der Waals surface area (Å²) in [6.07, 6.45) is 5.82. The lowest BCUT2D eigenvalue weighted by molar-refractivity contribution is -0.270. The molecule has 3 aliphatic rings. The first-order chi connectivity index (χ1) is 12.8. The molecule has 5 nitrogen and oxygen atoms in total. The van der Waals surface area contributed by atoms with Gasteiger partial charge in [-0.3, -0.25) is 4.79 Å². The normalized spacial score (nSPS) is 41.3. The molecule has 0 radical (unpaired) electrons. The Bertz CT molecular complexity index is 620. The molecule has 1 saturated carbocycles. The monoisotopic (exact) mass is 398 g/mol. The molecule has 5 unspecified atom stereocenters. The summed E-state index contributed by atoms with van der Waals surface area (Å²) in [5.41, 5.74) is 1.52. The second kappa shape index (κ2) is 7.69. The van der Waals surface area contributed by atoms with E-state index >= 15 is 0 Å². The highest BCUT2D eigenvalue weighted by molar-refractivity contribution is 7.98. The van der Waals surface area contributed by atoms with Gasteiger partial charge in [-0.15, -0.1) is 11.8 Å². The van der Waals surface area contributed by atoms with E-state index in [1.54, 1.807) is 11.8 Å². The predicted molar refractivity (Wildman–Crippen MR) is 107 cm³/mol. The number of hydrogen-bond donors (Lipinski definition) is 1. The fraction of sp³-hybridized carbons (Fsp3) is 0.857. The molecule has 0 spiro atoms. The van der Waals surface area contributed by atoms with E-state index in [4.69, 9.17) is 14.2 Å². The van der Waals surface area contributed by atoms with Crippen LogP contribution in [0.1, 0.15) is 53.4 Å². The summed E-state index contributed by atoms with van der Waals surface area (Å²) in [7, 11) is 0. The van der Waals surface area contributed by atoms with Crippen LogP contribution in [0.15, 0.2) is 11.1 Å². The molecule has 5 atom stereocenters. The summed E-state index contributed by atoms with van der Waals surface area (Å²) in [6, 6.07) is 0. The van der Waals surface area contributed by atoms with Crippen molar-refractivity contribution in [3.63, 3.8) is 0 Å². The molecule has 154 valence electrons. The van der Waals surface area contributed by atoms with Crippen molar-refractivity contribution in [2.24, 2.45) is 16.7 Å². The lowest BCUT2D eigenvalue weighted by Gasteiger charge is -2.63. The number of carbonyl (C=O) groups excluding carboxylic acids is 1. The third-order valence-electron chi connectivity index (χ3n) is 7.89. The molecule has 1 N–H and O–H groups in total. The second-order valence-electron chi connectivity index (χ2n) is 8.81. The van der Waals surface area contributed by atoms with Crippen LogP contribution in [0.2, 0.25) is 0 Å². The van der Waals surface area contributed by atoms with Gasteiger partial charge in [-0.2, -0.15) is 0 Å². The maximum absolute atomic E-state index is 11.4. The molecule has 0 amide bonds. The second-order valence-corrected chi connectivity index (χ2v) is 9.63. The van der Waals surface area contributed by atoms with Gasteiger partial charge in [0.15, 0.2) is 0 Å². The lowest BCUT2D eigenvalue weighted by Crippen LogP contribution is -2.67. The van der Waals surface area contributed by atoms with E-state index in [1.807, 2.05) is 6.26 Å². The number of thioether (sulfide) groups is 1. The average molecular weight is 399 g/mol. The van der Waals surface area contributed by atoms with Gasteiger partial charge in [0.05, 0.1) is 30.9 Å². The van der Waals surface area contributed by atoms with Crippen LogP contribution < -0.4 is 0 Å². The van der Waals surface area contributed by atoms with Crippen molar-refractivity contribution < 1.29 is 24.1 Å². The quantitative estimate of drug-likeness (QED) is 0.419. The number of carbonyl (C=O) groups is 1. The third kappa shape index (κ3) is 3.07. The summed E-state index contributed by atoms with van der Waals surface area (Å²) in [4.78, 5) is 11.4. The van der Waals surface area contributed by atoms with Gasteiger partial charge in [0.2, 0.25) is 0 Å². The van der Waals surface area contributed by atoms with Crippen LogP contribution in [0.4, 0.5) is 0 Å². The zero-order chi connectivity index (χ0) is 19.9. The lowest BCUT2D eigenvalue weighted by atomic mass is 9.47. The largest absolute Gasteiger partial charge is 0.461 e. The smallest absolute Gasteiger partial charge is 0.302 e. The summed E-state index contributed by atoms with van der Waals surface area (Å²) in [5, 5.41) is 10.7. The zero-order valence-electron chi connectivity index (χ0n) is 17.3. The Balaban J connectivity index is 1.97. The Morgan fingerprint density at radius 3 is 2.74 bits per heavy atom. The van der Waals surface area contributed by atoms with Crippen molar-refractivity contribution in [1.29, 1.82) is 0 Å². The Morgan fingerprint density at radius 1 is 1.37 bits per heavy atom. The van der Waals surface area contributed by atoms with Gasteiger partial charge < -0.3 is 19.3 Å². The van der Waals surface area contributed by atoms with Gasteiger partial charge in [-0.25, -0.2) is 0 Å². The number of esters is 1.